The summed E-state index contributed by atoms with van der Waals surface area (Å²) in [4.78, 5) is 4.14. The summed E-state index contributed by atoms with van der Waals surface area (Å²) in [5, 5.41) is 5.12. The van der Waals surface area contributed by atoms with Crippen molar-refractivity contribution in [2.24, 2.45) is 10.7 Å². The zero-order chi connectivity index (χ0) is 22.2. The molecule has 0 saturated carbocycles. The molecule has 0 radical (unpaired) electrons. The summed E-state index contributed by atoms with van der Waals surface area (Å²) in [6.45, 7) is -0.0899. The molecular weight excluding hydrogens is 419 g/mol. The van der Waals surface area contributed by atoms with Gasteiger partial charge in [-0.25, -0.2) is 13.4 Å². The Bertz CT molecular complexity index is 1110. The first-order valence-electron chi connectivity index (χ1n) is 8.71. The van der Waals surface area contributed by atoms with Crippen molar-refractivity contribution >= 4 is 21.4 Å². The van der Waals surface area contributed by atoms with Crippen molar-refractivity contribution in [3.8, 4) is 0 Å². The Hall–Kier alpha value is -3.05. The first-order chi connectivity index (χ1) is 13.9. The summed E-state index contributed by atoms with van der Waals surface area (Å²) in [5.74, 6) is -2.11. The highest BCUT2D eigenvalue weighted by atomic mass is 32.2. The van der Waals surface area contributed by atoms with Crippen molar-refractivity contribution in [3.63, 3.8) is 0 Å². The molecule has 2 aromatic rings. The fraction of sp³-hybridized carbons (Fsp3) is 0.211. The van der Waals surface area contributed by atoms with Gasteiger partial charge in [-0.2, -0.15) is 13.2 Å². The van der Waals surface area contributed by atoms with Crippen LogP contribution in [0.4, 0.5) is 18.9 Å². The Morgan fingerprint density at radius 2 is 1.83 bits per heavy atom. The number of nitrogens with two attached hydrogens (primary N) is 2. The number of hydrogen-bond acceptors (Lipinski definition) is 7. The van der Waals surface area contributed by atoms with E-state index in [1.165, 1.54) is 18.2 Å². The van der Waals surface area contributed by atoms with Crippen molar-refractivity contribution in [1.29, 1.82) is 0 Å². The van der Waals surface area contributed by atoms with Gasteiger partial charge in [0, 0.05) is 30.3 Å². The van der Waals surface area contributed by atoms with Crippen LogP contribution in [0.15, 0.2) is 70.2 Å². The summed E-state index contributed by atoms with van der Waals surface area (Å²) >= 11 is 0. The van der Waals surface area contributed by atoms with Gasteiger partial charge in [0.2, 0.25) is 5.79 Å². The van der Waals surface area contributed by atoms with Crippen molar-refractivity contribution in [1.82, 2.24) is 10.6 Å². The number of nitrogen functional groups attached to an aromatic ring is 1. The van der Waals surface area contributed by atoms with Crippen molar-refractivity contribution in [2.75, 3.05) is 12.0 Å². The van der Waals surface area contributed by atoms with E-state index in [2.05, 4.69) is 15.6 Å². The van der Waals surface area contributed by atoms with E-state index in [1.807, 2.05) is 0 Å². The molecule has 2 aromatic carbocycles. The normalized spacial score (nSPS) is 19.5. The van der Waals surface area contributed by atoms with Crippen LogP contribution in [0.5, 0.6) is 0 Å². The summed E-state index contributed by atoms with van der Waals surface area (Å²) in [6, 6.07) is 12.2. The topological polar surface area (TPSA) is 123 Å². The lowest BCUT2D eigenvalue weighted by Gasteiger charge is -2.32. The number of hydrogen-bond donors (Lipinski definition) is 4. The smallest absolute Gasteiger partial charge is 0.399 e. The van der Waals surface area contributed by atoms with Gasteiger partial charge in [0.25, 0.3) is 0 Å². The molecule has 0 spiro atoms. The van der Waals surface area contributed by atoms with E-state index in [9.17, 15) is 21.6 Å². The van der Waals surface area contributed by atoms with E-state index in [0.29, 0.717) is 16.8 Å². The van der Waals surface area contributed by atoms with Crippen LogP contribution < -0.4 is 22.1 Å². The Morgan fingerprint density at radius 1 is 1.17 bits per heavy atom. The number of amidine groups is 1. The van der Waals surface area contributed by atoms with Gasteiger partial charge >= 0.3 is 6.18 Å². The minimum atomic E-state index is -4.68. The largest absolute Gasteiger partial charge is 0.421 e. The summed E-state index contributed by atoms with van der Waals surface area (Å²) in [6.07, 6.45) is -2.87. The number of rotatable bonds is 4. The van der Waals surface area contributed by atoms with E-state index >= 15 is 0 Å². The Kier molecular flexibility index (Phi) is 5.52. The van der Waals surface area contributed by atoms with Crippen molar-refractivity contribution in [3.05, 3.63) is 71.4 Å². The van der Waals surface area contributed by atoms with Gasteiger partial charge in [-0.05, 0) is 29.8 Å². The molecule has 11 heteroatoms. The molecule has 1 aliphatic rings. The number of aliphatic imine (C=N–C) groups is 1. The number of nitrogens with one attached hydrogen (secondary N) is 2. The first kappa shape index (κ1) is 21.7. The van der Waals surface area contributed by atoms with Gasteiger partial charge in [-0.3, -0.25) is 5.73 Å². The molecule has 0 aliphatic carbocycles. The molecule has 1 aliphatic heterocycles. The highest BCUT2D eigenvalue weighted by molar-refractivity contribution is 7.90. The SMILES string of the molecule is CS(=O)(=O)c1cccc(CNC2=NC(N)(c3ccc(N)cc3)NC=C2C(F)(F)F)c1. The standard InChI is InChI=1S/C19H20F3N5O2S/c1-30(28,29)15-4-2-3-12(9-15)10-25-17-16(18(20,21)22)11-26-19(24,27-17)13-5-7-14(23)8-6-13/h2-9,11,26H,10,23-24H2,1H3,(H,25,27). The molecule has 1 unspecified atom stereocenters. The maximum atomic E-state index is 13.5. The quantitative estimate of drug-likeness (QED) is 0.541. The number of halogens is 3. The van der Waals surface area contributed by atoms with Crippen LogP contribution in [-0.4, -0.2) is 26.7 Å². The zero-order valence-corrected chi connectivity index (χ0v) is 16.7. The van der Waals surface area contributed by atoms with Crippen LogP contribution in [0.3, 0.4) is 0 Å². The molecule has 3 rings (SSSR count). The van der Waals surface area contributed by atoms with E-state index in [4.69, 9.17) is 11.5 Å². The number of nitrogens with zero attached hydrogens (tertiary/aromatic N) is 1. The fourth-order valence-electron chi connectivity index (χ4n) is 2.83. The third-order valence-electron chi connectivity index (χ3n) is 4.42. The van der Waals surface area contributed by atoms with Crippen LogP contribution in [0.2, 0.25) is 0 Å². The third-order valence-corrected chi connectivity index (χ3v) is 5.53. The minimum Gasteiger partial charge on any atom is -0.399 e. The molecule has 0 amide bonds. The molecule has 0 aromatic heterocycles. The van der Waals surface area contributed by atoms with E-state index in [0.717, 1.165) is 12.5 Å². The second-order valence-corrected chi connectivity index (χ2v) is 8.84. The number of alkyl halides is 3. The minimum absolute atomic E-state index is 0.0654. The predicted octanol–water partition coefficient (Wildman–Crippen LogP) is 1.98. The van der Waals surface area contributed by atoms with Crippen LogP contribution >= 0.6 is 0 Å². The lowest BCUT2D eigenvalue weighted by atomic mass is 10.1. The van der Waals surface area contributed by atoms with Crippen LogP contribution in [0, 0.1) is 0 Å². The van der Waals surface area contributed by atoms with Gasteiger partial charge in [0.05, 0.1) is 4.90 Å². The van der Waals surface area contributed by atoms with Crippen molar-refractivity contribution in [2.45, 2.75) is 23.4 Å². The lowest BCUT2D eigenvalue weighted by Crippen LogP contribution is -2.52. The average Bonchev–Trinajstić information content (AvgIpc) is 2.65. The Morgan fingerprint density at radius 3 is 2.43 bits per heavy atom. The maximum Gasteiger partial charge on any atom is 0.421 e. The zero-order valence-electron chi connectivity index (χ0n) is 15.9. The Balaban J connectivity index is 1.92. The highest BCUT2D eigenvalue weighted by Crippen LogP contribution is 2.31. The molecule has 1 atom stereocenters. The van der Waals surface area contributed by atoms with Crippen LogP contribution in [0.1, 0.15) is 11.1 Å². The molecule has 0 saturated heterocycles. The first-order valence-corrected chi connectivity index (χ1v) is 10.6. The van der Waals surface area contributed by atoms with Gasteiger partial charge in [-0.15, -0.1) is 0 Å². The van der Waals surface area contributed by atoms with Gasteiger partial charge in [0.15, 0.2) is 9.84 Å². The molecule has 1 heterocycles. The average molecular weight is 439 g/mol. The van der Waals surface area contributed by atoms with Gasteiger partial charge in [-0.1, -0.05) is 24.3 Å². The van der Waals surface area contributed by atoms with Crippen LogP contribution in [-0.2, 0) is 22.2 Å². The van der Waals surface area contributed by atoms with Crippen molar-refractivity contribution < 1.29 is 21.6 Å². The second kappa shape index (κ2) is 7.65. The third kappa shape index (κ3) is 4.74. The summed E-state index contributed by atoms with van der Waals surface area (Å²) in [7, 11) is -3.45. The summed E-state index contributed by atoms with van der Waals surface area (Å²) in [5.41, 5.74) is 12.2. The number of anilines is 1. The van der Waals surface area contributed by atoms with Gasteiger partial charge < -0.3 is 16.4 Å². The number of benzene rings is 2. The molecule has 6 N–H and O–H groups in total. The Labute approximate surface area is 171 Å². The van der Waals surface area contributed by atoms with Crippen LogP contribution in [0.25, 0.3) is 0 Å². The predicted molar refractivity (Wildman–Crippen MR) is 108 cm³/mol. The maximum absolute atomic E-state index is 13.5. The molecule has 30 heavy (non-hydrogen) atoms. The second-order valence-electron chi connectivity index (χ2n) is 6.82. The summed E-state index contributed by atoms with van der Waals surface area (Å²) < 4.78 is 63.8. The van der Waals surface area contributed by atoms with E-state index in [1.54, 1.807) is 30.3 Å². The lowest BCUT2D eigenvalue weighted by molar-refractivity contribution is -0.0872. The molecule has 0 bridgehead atoms. The molecule has 0 fully saturated rings. The molecule has 7 nitrogen and oxygen atoms in total. The molecule has 160 valence electrons. The highest BCUT2D eigenvalue weighted by Gasteiger charge is 2.42. The monoisotopic (exact) mass is 439 g/mol. The number of sulfone groups is 1. The fourth-order valence-corrected chi connectivity index (χ4v) is 3.52. The van der Waals surface area contributed by atoms with Gasteiger partial charge in [0.1, 0.15) is 11.4 Å². The van der Waals surface area contributed by atoms with E-state index < -0.39 is 33.2 Å². The molecular formula is C19H20F3N5O2S. The van der Waals surface area contributed by atoms with E-state index in [-0.39, 0.29) is 11.4 Å².